The molecule has 0 bridgehead atoms. The fourth-order valence-electron chi connectivity index (χ4n) is 1.06. The van der Waals surface area contributed by atoms with Gasteiger partial charge >= 0.3 is 0 Å². The maximum Gasteiger partial charge on any atom is 0.169 e. The first-order chi connectivity index (χ1) is 6.86. The Morgan fingerprint density at radius 1 is 1.71 bits per heavy atom. The first-order valence-electron chi connectivity index (χ1n) is 4.60. The van der Waals surface area contributed by atoms with Crippen LogP contribution in [0, 0.1) is 0 Å². The number of aromatic nitrogens is 2. The SMILES string of the molecule is CCNC(CO)CCSc1ncns1. The number of hydrogen-bond acceptors (Lipinski definition) is 6. The first kappa shape index (κ1) is 11.9. The molecule has 1 aromatic heterocycles. The van der Waals surface area contributed by atoms with Crippen LogP contribution in [0.5, 0.6) is 0 Å². The summed E-state index contributed by atoms with van der Waals surface area (Å²) in [6.07, 6.45) is 2.52. The van der Waals surface area contributed by atoms with Crippen molar-refractivity contribution in [2.45, 2.75) is 23.7 Å². The zero-order chi connectivity index (χ0) is 10.2. The van der Waals surface area contributed by atoms with Crippen molar-refractivity contribution in [1.29, 1.82) is 0 Å². The van der Waals surface area contributed by atoms with E-state index in [-0.39, 0.29) is 12.6 Å². The Morgan fingerprint density at radius 3 is 3.14 bits per heavy atom. The third kappa shape index (κ3) is 4.36. The van der Waals surface area contributed by atoms with Crippen LogP contribution < -0.4 is 5.32 Å². The molecule has 0 fully saturated rings. The predicted octanol–water partition coefficient (Wildman–Crippen LogP) is 0.991. The molecule has 0 aliphatic heterocycles. The number of nitrogens with one attached hydrogen (secondary N) is 1. The summed E-state index contributed by atoms with van der Waals surface area (Å²) in [6.45, 7) is 3.14. The molecular formula is C8H15N3OS2. The molecule has 0 aromatic carbocycles. The minimum Gasteiger partial charge on any atom is -0.395 e. The standard InChI is InChI=1S/C8H15N3OS2/c1-2-9-7(5-12)3-4-13-8-10-6-11-14-8/h6-7,9,12H,2-5H2,1H3. The number of aliphatic hydroxyl groups excluding tert-OH is 1. The van der Waals surface area contributed by atoms with Crippen molar-refractivity contribution >= 4 is 23.3 Å². The van der Waals surface area contributed by atoms with Crippen LogP contribution in [0.4, 0.5) is 0 Å². The van der Waals surface area contributed by atoms with E-state index in [2.05, 4.69) is 14.7 Å². The van der Waals surface area contributed by atoms with Crippen LogP contribution in [0.3, 0.4) is 0 Å². The summed E-state index contributed by atoms with van der Waals surface area (Å²) in [5.41, 5.74) is 0. The van der Waals surface area contributed by atoms with E-state index in [0.717, 1.165) is 23.1 Å². The van der Waals surface area contributed by atoms with Gasteiger partial charge in [0, 0.05) is 11.8 Å². The summed E-state index contributed by atoms with van der Waals surface area (Å²) in [7, 11) is 0. The van der Waals surface area contributed by atoms with Crippen molar-refractivity contribution in [1.82, 2.24) is 14.7 Å². The molecule has 2 N–H and O–H groups in total. The molecule has 6 heteroatoms. The molecule has 0 radical (unpaired) electrons. The molecule has 14 heavy (non-hydrogen) atoms. The first-order valence-corrected chi connectivity index (χ1v) is 6.36. The molecule has 1 rings (SSSR count). The summed E-state index contributed by atoms with van der Waals surface area (Å²) in [5, 5.41) is 12.2. The summed E-state index contributed by atoms with van der Waals surface area (Å²) in [5.74, 6) is 0.966. The van der Waals surface area contributed by atoms with Gasteiger partial charge in [0.25, 0.3) is 0 Å². The lowest BCUT2D eigenvalue weighted by atomic mass is 10.2. The molecule has 0 aliphatic rings. The molecular weight excluding hydrogens is 218 g/mol. The largest absolute Gasteiger partial charge is 0.395 e. The molecule has 1 unspecified atom stereocenters. The van der Waals surface area contributed by atoms with E-state index < -0.39 is 0 Å². The van der Waals surface area contributed by atoms with E-state index >= 15 is 0 Å². The highest BCUT2D eigenvalue weighted by Crippen LogP contribution is 2.19. The Kier molecular flexibility index (Phi) is 6.09. The van der Waals surface area contributed by atoms with Gasteiger partial charge in [0.05, 0.1) is 6.61 Å². The average Bonchev–Trinajstić information content (AvgIpc) is 2.69. The zero-order valence-electron chi connectivity index (χ0n) is 8.14. The van der Waals surface area contributed by atoms with Crippen LogP contribution in [0.2, 0.25) is 0 Å². The van der Waals surface area contributed by atoms with Gasteiger partial charge in [0.2, 0.25) is 0 Å². The van der Waals surface area contributed by atoms with Crippen molar-refractivity contribution in [3.05, 3.63) is 6.33 Å². The van der Waals surface area contributed by atoms with Crippen LogP contribution in [-0.4, -0.2) is 39.4 Å². The number of hydrogen-bond donors (Lipinski definition) is 2. The van der Waals surface area contributed by atoms with Crippen LogP contribution >= 0.6 is 23.3 Å². The molecule has 0 amide bonds. The quantitative estimate of drug-likeness (QED) is 0.688. The van der Waals surface area contributed by atoms with Gasteiger partial charge in [0.1, 0.15) is 6.33 Å². The second kappa shape index (κ2) is 7.17. The van der Waals surface area contributed by atoms with Crippen molar-refractivity contribution in [3.8, 4) is 0 Å². The van der Waals surface area contributed by atoms with E-state index in [9.17, 15) is 0 Å². The molecule has 1 atom stereocenters. The minimum absolute atomic E-state index is 0.199. The summed E-state index contributed by atoms with van der Waals surface area (Å²) >= 11 is 3.10. The maximum absolute atomic E-state index is 9.02. The highest BCUT2D eigenvalue weighted by molar-refractivity contribution is 8.00. The predicted molar refractivity (Wildman–Crippen MR) is 59.8 cm³/mol. The van der Waals surface area contributed by atoms with Gasteiger partial charge in [-0.1, -0.05) is 18.7 Å². The van der Waals surface area contributed by atoms with Crippen LogP contribution in [0.25, 0.3) is 0 Å². The van der Waals surface area contributed by atoms with Crippen LogP contribution in [0.15, 0.2) is 10.7 Å². The highest BCUT2D eigenvalue weighted by Gasteiger charge is 2.05. The van der Waals surface area contributed by atoms with E-state index in [1.165, 1.54) is 11.5 Å². The lowest BCUT2D eigenvalue weighted by molar-refractivity contribution is 0.242. The fourth-order valence-corrected chi connectivity index (χ4v) is 2.63. The van der Waals surface area contributed by atoms with Gasteiger partial charge < -0.3 is 10.4 Å². The van der Waals surface area contributed by atoms with Crippen molar-refractivity contribution in [2.75, 3.05) is 18.9 Å². The van der Waals surface area contributed by atoms with Gasteiger partial charge in [-0.3, -0.25) is 0 Å². The third-order valence-electron chi connectivity index (χ3n) is 1.75. The average molecular weight is 233 g/mol. The van der Waals surface area contributed by atoms with Crippen molar-refractivity contribution in [3.63, 3.8) is 0 Å². The summed E-state index contributed by atoms with van der Waals surface area (Å²) in [4.78, 5) is 4.07. The molecule has 0 aliphatic carbocycles. The topological polar surface area (TPSA) is 58.0 Å². The third-order valence-corrected chi connectivity index (χ3v) is 3.58. The van der Waals surface area contributed by atoms with Gasteiger partial charge in [-0.05, 0) is 24.5 Å². The second-order valence-electron chi connectivity index (χ2n) is 2.78. The van der Waals surface area contributed by atoms with Gasteiger partial charge in [-0.2, -0.15) is 4.37 Å². The van der Waals surface area contributed by atoms with Gasteiger partial charge in [-0.15, -0.1) is 0 Å². The number of thioether (sulfide) groups is 1. The molecule has 1 heterocycles. The Balaban J connectivity index is 2.13. The van der Waals surface area contributed by atoms with Gasteiger partial charge in [0.15, 0.2) is 4.34 Å². The second-order valence-corrected chi connectivity index (χ2v) is 4.90. The van der Waals surface area contributed by atoms with Crippen molar-refractivity contribution < 1.29 is 5.11 Å². The number of likely N-dealkylation sites (N-methyl/N-ethyl adjacent to an activating group) is 1. The summed E-state index contributed by atoms with van der Waals surface area (Å²) < 4.78 is 4.92. The van der Waals surface area contributed by atoms with E-state index in [4.69, 9.17) is 5.11 Å². The Morgan fingerprint density at radius 2 is 2.57 bits per heavy atom. The maximum atomic E-state index is 9.02. The normalized spacial score (nSPS) is 13.0. The molecule has 4 nitrogen and oxygen atoms in total. The van der Waals surface area contributed by atoms with E-state index in [1.54, 1.807) is 18.1 Å². The monoisotopic (exact) mass is 233 g/mol. The van der Waals surface area contributed by atoms with Crippen LogP contribution in [0.1, 0.15) is 13.3 Å². The molecule has 0 saturated heterocycles. The number of aliphatic hydroxyl groups is 1. The van der Waals surface area contributed by atoms with E-state index in [0.29, 0.717) is 0 Å². The number of rotatable bonds is 7. The molecule has 0 spiro atoms. The minimum atomic E-state index is 0.199. The number of nitrogens with zero attached hydrogens (tertiary/aromatic N) is 2. The van der Waals surface area contributed by atoms with Crippen molar-refractivity contribution in [2.24, 2.45) is 0 Å². The zero-order valence-corrected chi connectivity index (χ0v) is 9.77. The molecule has 0 saturated carbocycles. The van der Waals surface area contributed by atoms with E-state index in [1.807, 2.05) is 6.92 Å². The summed E-state index contributed by atoms with van der Waals surface area (Å²) in [6, 6.07) is 0.209. The Hall–Kier alpha value is -0.170. The smallest absolute Gasteiger partial charge is 0.169 e. The van der Waals surface area contributed by atoms with Crippen LogP contribution in [-0.2, 0) is 0 Å². The lowest BCUT2D eigenvalue weighted by Gasteiger charge is -2.13. The molecule has 80 valence electrons. The fraction of sp³-hybridized carbons (Fsp3) is 0.750. The highest BCUT2D eigenvalue weighted by atomic mass is 32.2. The Bertz CT molecular complexity index is 231. The van der Waals surface area contributed by atoms with Gasteiger partial charge in [-0.25, -0.2) is 4.98 Å². The molecule has 1 aromatic rings. The Labute approximate surface area is 92.3 Å². The lowest BCUT2D eigenvalue weighted by Crippen LogP contribution is -2.32.